The first-order valence-corrected chi connectivity index (χ1v) is 2.39. The van der Waals surface area contributed by atoms with E-state index in [1.807, 2.05) is 0 Å². The van der Waals surface area contributed by atoms with Crippen LogP contribution in [0.3, 0.4) is 0 Å². The Balaban J connectivity index is 2.85. The lowest BCUT2D eigenvalue weighted by Crippen LogP contribution is -1.73. The van der Waals surface area contributed by atoms with Gasteiger partial charge in [0.15, 0.2) is 5.12 Å². The lowest BCUT2D eigenvalue weighted by atomic mass is 10.9. The molecule has 0 fully saturated rings. The Labute approximate surface area is 35.8 Å². The first-order chi connectivity index (χ1) is 2.27. The van der Waals surface area contributed by atoms with E-state index in [1.54, 1.807) is 6.26 Å². The Morgan fingerprint density at radius 2 is 2.20 bits per heavy atom. The normalized spacial score (nSPS) is 7.60. The van der Waals surface area contributed by atoms with E-state index in [0.717, 1.165) is 11.8 Å². The maximum atomic E-state index is 9.66. The van der Waals surface area contributed by atoms with Crippen LogP contribution in [0.5, 0.6) is 0 Å². The van der Waals surface area contributed by atoms with Crippen molar-refractivity contribution in [2.75, 3.05) is 6.26 Å². The van der Waals surface area contributed by atoms with Crippen molar-refractivity contribution in [1.29, 1.82) is 0 Å². The first kappa shape index (κ1) is 5.02. The molecule has 0 unspecified atom stereocenters. The molecule has 0 bridgehead atoms. The zero-order valence-corrected chi connectivity index (χ0v) is 3.84. The minimum absolute atomic E-state index is 0.0787. The van der Waals surface area contributed by atoms with Crippen LogP contribution < -0.4 is 0 Å². The van der Waals surface area contributed by atoms with Gasteiger partial charge in [-0.2, -0.15) is 0 Å². The second-order valence-corrected chi connectivity index (χ2v) is 1.44. The zero-order chi connectivity index (χ0) is 4.28. The van der Waals surface area contributed by atoms with Gasteiger partial charge in [0.05, 0.1) is 0 Å². The van der Waals surface area contributed by atoms with Crippen LogP contribution >= 0.6 is 11.8 Å². The van der Waals surface area contributed by atoms with Crippen LogP contribution in [0.4, 0.5) is 0 Å². The van der Waals surface area contributed by atoms with Gasteiger partial charge in [0.1, 0.15) is 0 Å². The summed E-state index contributed by atoms with van der Waals surface area (Å²) in [6, 6.07) is 0. The minimum atomic E-state index is -0.0787. The predicted molar refractivity (Wildman–Crippen MR) is 23.9 cm³/mol. The van der Waals surface area contributed by atoms with Gasteiger partial charge >= 0.3 is 0 Å². The van der Waals surface area contributed by atoms with Crippen molar-refractivity contribution < 1.29 is 4.79 Å². The molecule has 0 heterocycles. The smallest absolute Gasteiger partial charge is 0.189 e. The van der Waals surface area contributed by atoms with Gasteiger partial charge < -0.3 is 0 Å². The predicted octanol–water partition coefficient (Wildman–Crippen LogP) is 0.710. The van der Waals surface area contributed by atoms with Crippen LogP contribution in [-0.2, 0) is 4.79 Å². The fourth-order valence-corrected chi connectivity index (χ4v) is 0. The van der Waals surface area contributed by atoms with Crippen LogP contribution in [0.25, 0.3) is 0 Å². The van der Waals surface area contributed by atoms with Crippen LogP contribution in [0.1, 0.15) is 0 Å². The van der Waals surface area contributed by atoms with E-state index in [9.17, 15) is 4.79 Å². The van der Waals surface area contributed by atoms with E-state index in [1.165, 1.54) is 0 Å². The summed E-state index contributed by atoms with van der Waals surface area (Å²) in [4.78, 5) is 9.66. The van der Waals surface area contributed by atoms with Crippen molar-refractivity contribution in [1.82, 2.24) is 0 Å². The number of carbonyl (C=O) groups excluding carboxylic acids is 1. The molecule has 0 aliphatic heterocycles. The molecule has 0 aromatic rings. The maximum absolute atomic E-state index is 9.66. The van der Waals surface area contributed by atoms with E-state index in [0.29, 0.717) is 0 Å². The molecular weight excluding hydrogens is 84.1 g/mol. The summed E-state index contributed by atoms with van der Waals surface area (Å²) in [5.41, 5.74) is 0. The fraction of sp³-hybridized carbons (Fsp3) is 0.333. The van der Waals surface area contributed by atoms with Crippen molar-refractivity contribution in [3.8, 4) is 0 Å². The molecule has 0 spiro atoms. The Morgan fingerprint density at radius 1 is 2.00 bits per heavy atom. The zero-order valence-electron chi connectivity index (χ0n) is 3.02. The molecule has 0 aliphatic rings. The van der Waals surface area contributed by atoms with Crippen LogP contribution in [0.15, 0.2) is 0 Å². The maximum Gasteiger partial charge on any atom is 0.189 e. The number of carbonyl (C=O) groups is 1. The second-order valence-electron chi connectivity index (χ2n) is 0.576. The van der Waals surface area contributed by atoms with Crippen molar-refractivity contribution in [2.45, 2.75) is 0 Å². The van der Waals surface area contributed by atoms with Crippen LogP contribution in [-0.4, -0.2) is 11.4 Å². The highest BCUT2D eigenvalue weighted by atomic mass is 32.2. The van der Waals surface area contributed by atoms with E-state index in [-0.39, 0.29) is 5.12 Å². The molecule has 0 rings (SSSR count). The Hall–Kier alpha value is 0.0200. The molecule has 5 heavy (non-hydrogen) atoms. The highest BCUT2D eigenvalue weighted by Gasteiger charge is 1.77. The number of thioether (sulfide) groups is 1. The first-order valence-electron chi connectivity index (χ1n) is 1.17. The van der Waals surface area contributed by atoms with Gasteiger partial charge in [-0.1, -0.05) is 11.8 Å². The highest BCUT2D eigenvalue weighted by molar-refractivity contribution is 8.13. The third-order valence-corrected chi connectivity index (χ3v) is 0.683. The summed E-state index contributed by atoms with van der Waals surface area (Å²) in [6.45, 7) is 3.08. The van der Waals surface area contributed by atoms with Crippen LogP contribution in [0.2, 0.25) is 0 Å². The molecule has 0 atom stereocenters. The number of rotatable bonds is 0. The molecule has 0 aromatic heterocycles. The lowest BCUT2D eigenvalue weighted by molar-refractivity contribution is -0.107. The van der Waals surface area contributed by atoms with Crippen molar-refractivity contribution >= 4 is 16.9 Å². The SMILES string of the molecule is [CH2]C(=O)SC. The average Bonchev–Trinajstić information content (AvgIpc) is 1.38. The monoisotopic (exact) mass is 89.0 g/mol. The molecule has 1 radical (unpaired) electrons. The third-order valence-electron chi connectivity index (χ3n) is 0.228. The highest BCUT2D eigenvalue weighted by Crippen LogP contribution is 1.87. The standard InChI is InChI=1S/C3H5OS/c1-3(4)5-2/h1H2,2H3. The van der Waals surface area contributed by atoms with Gasteiger partial charge in [-0.15, -0.1) is 0 Å². The quantitative estimate of drug-likeness (QED) is 0.434. The summed E-state index contributed by atoms with van der Waals surface area (Å²) < 4.78 is 0. The van der Waals surface area contributed by atoms with Crippen LogP contribution in [0, 0.1) is 6.92 Å². The molecule has 0 N–H and O–H groups in total. The molecule has 29 valence electrons. The Morgan fingerprint density at radius 3 is 2.20 bits per heavy atom. The number of hydrogen-bond donors (Lipinski definition) is 0. The molecule has 2 heteroatoms. The fourth-order valence-electron chi connectivity index (χ4n) is 0. The minimum Gasteiger partial charge on any atom is -0.287 e. The van der Waals surface area contributed by atoms with Gasteiger partial charge in [0.2, 0.25) is 0 Å². The van der Waals surface area contributed by atoms with E-state index in [2.05, 4.69) is 6.92 Å². The molecule has 0 aliphatic carbocycles. The molecule has 0 saturated heterocycles. The summed E-state index contributed by atoms with van der Waals surface area (Å²) in [5, 5.41) is -0.0787. The summed E-state index contributed by atoms with van der Waals surface area (Å²) >= 11 is 1.13. The largest absolute Gasteiger partial charge is 0.287 e. The van der Waals surface area contributed by atoms with Crippen molar-refractivity contribution in [3.05, 3.63) is 6.92 Å². The van der Waals surface area contributed by atoms with Gasteiger partial charge in [-0.25, -0.2) is 0 Å². The Kier molecular flexibility index (Phi) is 2.28. The van der Waals surface area contributed by atoms with Crippen molar-refractivity contribution in [3.63, 3.8) is 0 Å². The van der Waals surface area contributed by atoms with Gasteiger partial charge in [0, 0.05) is 6.92 Å². The molecule has 0 amide bonds. The van der Waals surface area contributed by atoms with Gasteiger partial charge in [-0.05, 0) is 6.26 Å². The van der Waals surface area contributed by atoms with E-state index >= 15 is 0 Å². The lowest BCUT2D eigenvalue weighted by Gasteiger charge is -1.71. The summed E-state index contributed by atoms with van der Waals surface area (Å²) in [6.07, 6.45) is 1.70. The van der Waals surface area contributed by atoms with Gasteiger partial charge in [0.25, 0.3) is 0 Å². The van der Waals surface area contributed by atoms with Gasteiger partial charge in [-0.3, -0.25) is 4.79 Å². The average molecular weight is 89.1 g/mol. The molecule has 1 nitrogen and oxygen atoms in total. The number of hydrogen-bond acceptors (Lipinski definition) is 2. The summed E-state index contributed by atoms with van der Waals surface area (Å²) in [7, 11) is 0. The topological polar surface area (TPSA) is 17.1 Å². The summed E-state index contributed by atoms with van der Waals surface area (Å²) in [5.74, 6) is 0. The van der Waals surface area contributed by atoms with E-state index < -0.39 is 0 Å². The third kappa shape index (κ3) is 4.02. The second kappa shape index (κ2) is 2.27. The molecule has 0 aromatic carbocycles. The van der Waals surface area contributed by atoms with E-state index in [4.69, 9.17) is 0 Å². The van der Waals surface area contributed by atoms with Crippen molar-refractivity contribution in [2.24, 2.45) is 0 Å². The molecule has 0 saturated carbocycles. The Bertz CT molecular complexity index is 42.2. The molecular formula is C3H5OS.